The Morgan fingerprint density at radius 1 is 1.37 bits per heavy atom. The molecule has 2 N–H and O–H groups in total. The number of nitrogens with zero attached hydrogens (tertiary/aromatic N) is 3. The van der Waals surface area contributed by atoms with E-state index in [9.17, 15) is 0 Å². The van der Waals surface area contributed by atoms with Crippen LogP contribution in [-0.2, 0) is 11.2 Å². The standard InChI is InChI=1S/C12H14N4O2.ClH/c13-8-3-4-9(14-7-8)6-11-15-12(16-18-11)10-2-1-5-17-10;/h3-4,7,10H,1-2,5-6,13H2;1H. The van der Waals surface area contributed by atoms with Crippen LogP contribution in [0.1, 0.15) is 36.4 Å². The first-order valence-corrected chi connectivity index (χ1v) is 5.96. The molecule has 1 fully saturated rings. The van der Waals surface area contributed by atoms with Crippen LogP contribution in [-0.4, -0.2) is 21.7 Å². The highest BCUT2D eigenvalue weighted by atomic mass is 35.5. The van der Waals surface area contributed by atoms with Gasteiger partial charge in [0.1, 0.15) is 6.10 Å². The summed E-state index contributed by atoms with van der Waals surface area (Å²) in [5, 5.41) is 3.95. The van der Waals surface area contributed by atoms with Gasteiger partial charge in [-0.05, 0) is 25.0 Å². The Balaban J connectivity index is 0.00000133. The van der Waals surface area contributed by atoms with E-state index in [1.165, 1.54) is 0 Å². The van der Waals surface area contributed by atoms with Gasteiger partial charge in [-0.15, -0.1) is 12.4 Å². The molecule has 1 aliphatic rings. The van der Waals surface area contributed by atoms with Crippen molar-refractivity contribution in [1.82, 2.24) is 15.1 Å². The van der Waals surface area contributed by atoms with E-state index in [2.05, 4.69) is 15.1 Å². The van der Waals surface area contributed by atoms with Crippen molar-refractivity contribution in [3.05, 3.63) is 35.7 Å². The maximum absolute atomic E-state index is 5.58. The smallest absolute Gasteiger partial charge is 0.232 e. The largest absolute Gasteiger partial charge is 0.397 e. The Labute approximate surface area is 116 Å². The van der Waals surface area contributed by atoms with Gasteiger partial charge in [-0.25, -0.2) is 0 Å². The van der Waals surface area contributed by atoms with Crippen LogP contribution in [0.15, 0.2) is 22.9 Å². The van der Waals surface area contributed by atoms with Crippen molar-refractivity contribution in [3.8, 4) is 0 Å². The van der Waals surface area contributed by atoms with Gasteiger partial charge < -0.3 is 15.0 Å². The fourth-order valence-corrected chi connectivity index (χ4v) is 1.95. The van der Waals surface area contributed by atoms with Crippen LogP contribution < -0.4 is 5.73 Å². The summed E-state index contributed by atoms with van der Waals surface area (Å²) in [7, 11) is 0. The van der Waals surface area contributed by atoms with Crippen molar-refractivity contribution in [3.63, 3.8) is 0 Å². The van der Waals surface area contributed by atoms with E-state index in [0.717, 1.165) is 25.1 Å². The van der Waals surface area contributed by atoms with Crippen LogP contribution in [0.4, 0.5) is 5.69 Å². The minimum absolute atomic E-state index is 0. The topological polar surface area (TPSA) is 87.1 Å². The number of hydrogen-bond acceptors (Lipinski definition) is 6. The van der Waals surface area contributed by atoms with Gasteiger partial charge in [0, 0.05) is 12.3 Å². The fourth-order valence-electron chi connectivity index (χ4n) is 1.95. The molecule has 0 bridgehead atoms. The number of hydrogen-bond donors (Lipinski definition) is 1. The summed E-state index contributed by atoms with van der Waals surface area (Å²) >= 11 is 0. The van der Waals surface area contributed by atoms with Crippen molar-refractivity contribution < 1.29 is 9.26 Å². The zero-order chi connectivity index (χ0) is 12.4. The van der Waals surface area contributed by atoms with E-state index in [4.69, 9.17) is 15.0 Å². The molecule has 3 rings (SSSR count). The van der Waals surface area contributed by atoms with Crippen LogP contribution >= 0.6 is 12.4 Å². The molecule has 1 aliphatic heterocycles. The highest BCUT2D eigenvalue weighted by Crippen LogP contribution is 2.26. The molecule has 0 spiro atoms. The molecule has 0 radical (unpaired) electrons. The second kappa shape index (κ2) is 5.99. The normalized spacial score (nSPS) is 18.2. The van der Waals surface area contributed by atoms with Gasteiger partial charge in [0.15, 0.2) is 0 Å². The number of pyridine rings is 1. The van der Waals surface area contributed by atoms with Crippen molar-refractivity contribution >= 4 is 18.1 Å². The van der Waals surface area contributed by atoms with Gasteiger partial charge in [0.2, 0.25) is 11.7 Å². The lowest BCUT2D eigenvalue weighted by atomic mass is 10.2. The summed E-state index contributed by atoms with van der Waals surface area (Å²) in [6.45, 7) is 0.772. The summed E-state index contributed by atoms with van der Waals surface area (Å²) in [6.07, 6.45) is 4.13. The van der Waals surface area contributed by atoms with E-state index >= 15 is 0 Å². The molecule has 6 nitrogen and oxygen atoms in total. The van der Waals surface area contributed by atoms with E-state index in [-0.39, 0.29) is 18.5 Å². The van der Waals surface area contributed by atoms with Crippen molar-refractivity contribution in [1.29, 1.82) is 0 Å². The fraction of sp³-hybridized carbons (Fsp3) is 0.417. The van der Waals surface area contributed by atoms with Crippen LogP contribution in [0.3, 0.4) is 0 Å². The third-order valence-electron chi connectivity index (χ3n) is 2.88. The molecule has 102 valence electrons. The predicted octanol–water partition coefficient (Wildman–Crippen LogP) is 1.91. The summed E-state index contributed by atoms with van der Waals surface area (Å²) in [5.41, 5.74) is 7.07. The lowest BCUT2D eigenvalue weighted by Gasteiger charge is -2.00. The molecule has 0 amide bonds. The Bertz CT molecular complexity index is 523. The van der Waals surface area contributed by atoms with E-state index in [1.807, 2.05) is 6.07 Å². The number of halogens is 1. The Hall–Kier alpha value is -1.66. The molecule has 0 saturated carbocycles. The van der Waals surface area contributed by atoms with Crippen molar-refractivity contribution in [2.75, 3.05) is 12.3 Å². The molecule has 3 heterocycles. The van der Waals surface area contributed by atoms with Crippen molar-refractivity contribution in [2.45, 2.75) is 25.4 Å². The van der Waals surface area contributed by atoms with Gasteiger partial charge in [-0.2, -0.15) is 4.98 Å². The van der Waals surface area contributed by atoms with Gasteiger partial charge in [-0.1, -0.05) is 5.16 Å². The number of ether oxygens (including phenoxy) is 1. The minimum Gasteiger partial charge on any atom is -0.397 e. The number of rotatable bonds is 3. The maximum Gasteiger partial charge on any atom is 0.232 e. The molecule has 7 heteroatoms. The number of aromatic nitrogens is 3. The first kappa shape index (κ1) is 13.8. The molecule has 0 aromatic carbocycles. The van der Waals surface area contributed by atoms with Crippen LogP contribution in [0.5, 0.6) is 0 Å². The minimum atomic E-state index is -0.0122. The first-order valence-electron chi connectivity index (χ1n) is 5.96. The lowest BCUT2D eigenvalue weighted by molar-refractivity contribution is 0.103. The van der Waals surface area contributed by atoms with Gasteiger partial charge >= 0.3 is 0 Å². The first-order chi connectivity index (χ1) is 8.81. The van der Waals surface area contributed by atoms with Gasteiger partial charge in [0.25, 0.3) is 0 Å². The maximum atomic E-state index is 5.58. The molecule has 19 heavy (non-hydrogen) atoms. The zero-order valence-electron chi connectivity index (χ0n) is 10.3. The lowest BCUT2D eigenvalue weighted by Crippen LogP contribution is -1.99. The van der Waals surface area contributed by atoms with Crippen LogP contribution in [0, 0.1) is 0 Å². The summed E-state index contributed by atoms with van der Waals surface area (Å²) < 4.78 is 10.7. The second-order valence-electron chi connectivity index (χ2n) is 4.31. The highest BCUT2D eigenvalue weighted by Gasteiger charge is 2.23. The number of anilines is 1. The average molecular weight is 283 g/mol. The monoisotopic (exact) mass is 282 g/mol. The van der Waals surface area contributed by atoms with Crippen LogP contribution in [0.25, 0.3) is 0 Å². The molecule has 0 aliphatic carbocycles. The average Bonchev–Trinajstić information content (AvgIpc) is 3.02. The van der Waals surface area contributed by atoms with Crippen LogP contribution in [0.2, 0.25) is 0 Å². The molecular formula is C12H15ClN4O2. The SMILES string of the molecule is Cl.Nc1ccc(Cc2nc(C3CCCO3)no2)nc1. The van der Waals surface area contributed by atoms with E-state index < -0.39 is 0 Å². The molecule has 1 atom stereocenters. The second-order valence-corrected chi connectivity index (χ2v) is 4.31. The Morgan fingerprint density at radius 2 is 2.26 bits per heavy atom. The summed E-state index contributed by atoms with van der Waals surface area (Å²) in [5.74, 6) is 1.19. The Kier molecular flexibility index (Phi) is 4.34. The van der Waals surface area contributed by atoms with E-state index in [1.54, 1.807) is 12.3 Å². The van der Waals surface area contributed by atoms with Crippen molar-refractivity contribution in [2.24, 2.45) is 0 Å². The molecule has 2 aromatic rings. The molecule has 1 saturated heterocycles. The summed E-state index contributed by atoms with van der Waals surface area (Å²) in [6, 6.07) is 3.66. The third-order valence-corrected chi connectivity index (χ3v) is 2.88. The molecule has 2 aromatic heterocycles. The van der Waals surface area contributed by atoms with Gasteiger partial charge in [-0.3, -0.25) is 4.98 Å². The molecular weight excluding hydrogens is 268 g/mol. The molecule has 1 unspecified atom stereocenters. The Morgan fingerprint density at radius 3 is 2.95 bits per heavy atom. The third kappa shape index (κ3) is 3.21. The quantitative estimate of drug-likeness (QED) is 0.925. The number of nitrogen functional groups attached to an aromatic ring is 1. The highest BCUT2D eigenvalue weighted by molar-refractivity contribution is 5.85. The van der Waals surface area contributed by atoms with E-state index in [0.29, 0.717) is 23.8 Å². The summed E-state index contributed by atoms with van der Waals surface area (Å²) in [4.78, 5) is 8.53. The predicted molar refractivity (Wildman–Crippen MR) is 70.9 cm³/mol. The van der Waals surface area contributed by atoms with Gasteiger partial charge in [0.05, 0.1) is 18.3 Å². The zero-order valence-corrected chi connectivity index (χ0v) is 11.1. The number of nitrogens with two attached hydrogens (primary N) is 1.